The van der Waals surface area contributed by atoms with E-state index < -0.39 is 0 Å². The molecule has 0 aliphatic heterocycles. The molecule has 2 aromatic heterocycles. The average molecular weight is 716 g/mol. The van der Waals surface area contributed by atoms with Crippen molar-refractivity contribution in [2.75, 3.05) is 0 Å². The fourth-order valence-electron chi connectivity index (χ4n) is 8.90. The van der Waals surface area contributed by atoms with Crippen molar-refractivity contribution < 1.29 is 0 Å². The van der Waals surface area contributed by atoms with Crippen LogP contribution in [0.2, 0.25) is 0 Å². The molecule has 0 radical (unpaired) electrons. The Morgan fingerprint density at radius 3 is 2.04 bits per heavy atom. The molecular formula is C53H37N3. The van der Waals surface area contributed by atoms with Gasteiger partial charge in [-0.3, -0.25) is 4.98 Å². The zero-order valence-electron chi connectivity index (χ0n) is 30.8. The number of benzene rings is 6. The Morgan fingerprint density at radius 1 is 0.500 bits per heavy atom. The Bertz CT molecular complexity index is 2940. The molecule has 1 fully saturated rings. The largest absolute Gasteiger partial charge is 0.264 e. The summed E-state index contributed by atoms with van der Waals surface area (Å²) in [6.45, 7) is 0. The third-order valence-electron chi connectivity index (χ3n) is 11.8. The van der Waals surface area contributed by atoms with Crippen LogP contribution in [0.25, 0.3) is 83.7 Å². The lowest BCUT2D eigenvalue weighted by atomic mass is 9.89. The molecule has 2 heterocycles. The molecule has 0 spiro atoms. The second-order valence-electron chi connectivity index (χ2n) is 15.1. The highest BCUT2D eigenvalue weighted by Gasteiger charge is 2.45. The number of nitrogens with zero attached hydrogens (tertiary/aromatic N) is 3. The first-order chi connectivity index (χ1) is 27.7. The van der Waals surface area contributed by atoms with Gasteiger partial charge in [-0.2, -0.15) is 0 Å². The highest BCUT2D eigenvalue weighted by Crippen LogP contribution is 2.57. The van der Waals surface area contributed by atoms with E-state index in [9.17, 15) is 0 Å². The Morgan fingerprint density at radius 2 is 1.20 bits per heavy atom. The fraction of sp³-hybridized carbons (Fsp3) is 0.0755. The first kappa shape index (κ1) is 32.5. The average Bonchev–Trinajstić information content (AvgIpc) is 4.11. The van der Waals surface area contributed by atoms with Gasteiger partial charge in [0.25, 0.3) is 0 Å². The molecule has 3 heteroatoms. The summed E-state index contributed by atoms with van der Waals surface area (Å²) in [4.78, 5) is 15.0. The lowest BCUT2D eigenvalue weighted by molar-refractivity contribution is 0.997. The van der Waals surface area contributed by atoms with E-state index in [4.69, 9.17) is 9.97 Å². The van der Waals surface area contributed by atoms with Gasteiger partial charge in [-0.05, 0) is 115 Å². The van der Waals surface area contributed by atoms with E-state index in [0.717, 1.165) is 41.2 Å². The number of hydrogen-bond acceptors (Lipinski definition) is 3. The summed E-state index contributed by atoms with van der Waals surface area (Å²) in [5.41, 5.74) is 15.4. The van der Waals surface area contributed by atoms with Gasteiger partial charge in [0.05, 0.1) is 11.4 Å². The van der Waals surface area contributed by atoms with Gasteiger partial charge in [0.2, 0.25) is 0 Å². The van der Waals surface area contributed by atoms with E-state index in [2.05, 4.69) is 175 Å². The summed E-state index contributed by atoms with van der Waals surface area (Å²) in [6, 6.07) is 50.3. The van der Waals surface area contributed by atoms with Gasteiger partial charge < -0.3 is 0 Å². The zero-order chi connectivity index (χ0) is 37.0. The molecule has 6 aromatic carbocycles. The van der Waals surface area contributed by atoms with Gasteiger partial charge in [0.15, 0.2) is 5.82 Å². The van der Waals surface area contributed by atoms with E-state index in [1.807, 2.05) is 18.5 Å². The molecule has 264 valence electrons. The van der Waals surface area contributed by atoms with Crippen LogP contribution < -0.4 is 0 Å². The van der Waals surface area contributed by atoms with Gasteiger partial charge >= 0.3 is 0 Å². The molecule has 11 rings (SSSR count). The maximum atomic E-state index is 5.31. The molecule has 1 saturated carbocycles. The molecule has 2 atom stereocenters. The van der Waals surface area contributed by atoms with E-state index in [0.29, 0.717) is 11.8 Å². The zero-order valence-corrected chi connectivity index (χ0v) is 30.8. The van der Waals surface area contributed by atoms with Crippen molar-refractivity contribution in [2.45, 2.75) is 12.8 Å². The maximum Gasteiger partial charge on any atom is 0.160 e. The molecule has 56 heavy (non-hydrogen) atoms. The van der Waals surface area contributed by atoms with Gasteiger partial charge in [-0.25, -0.2) is 9.97 Å². The highest BCUT2D eigenvalue weighted by atomic mass is 14.9. The molecule has 0 saturated heterocycles. The number of pyridine rings is 1. The second kappa shape index (κ2) is 13.4. The lowest BCUT2D eigenvalue weighted by Crippen LogP contribution is -2.03. The van der Waals surface area contributed by atoms with Crippen LogP contribution in [0.1, 0.15) is 28.8 Å². The molecule has 3 aliphatic carbocycles. The van der Waals surface area contributed by atoms with Gasteiger partial charge in [0, 0.05) is 23.5 Å². The molecule has 0 bridgehead atoms. The Kier molecular flexibility index (Phi) is 7.77. The van der Waals surface area contributed by atoms with Crippen molar-refractivity contribution in [3.05, 3.63) is 205 Å². The molecule has 0 N–H and O–H groups in total. The van der Waals surface area contributed by atoms with Crippen molar-refractivity contribution in [3.8, 4) is 44.9 Å². The molecule has 2 unspecified atom stereocenters. The van der Waals surface area contributed by atoms with Crippen LogP contribution >= 0.6 is 0 Å². The van der Waals surface area contributed by atoms with Crippen LogP contribution in [0.5, 0.6) is 0 Å². The van der Waals surface area contributed by atoms with Crippen molar-refractivity contribution in [1.29, 1.82) is 0 Å². The van der Waals surface area contributed by atoms with Crippen LogP contribution in [0.3, 0.4) is 0 Å². The Labute approximate surface area is 326 Å². The van der Waals surface area contributed by atoms with Crippen molar-refractivity contribution in [1.82, 2.24) is 15.0 Å². The molecule has 3 aliphatic rings. The standard InChI is InChI=1S/C53H37N3/c1-2-16-45-43-15-7-5-11-39(43)30-48(46(45)17-3-1)36-21-25-38(26-22-36)53-55-51(37-23-19-35(20-24-37)42-18-8-12-34-10-4-6-14-41(34)42)32-52(56-53)47-28-27-44(49-31-50(47)49)40-13-9-29-54-33-40/h1-15,17-30,32-33,49-50H,16,31H2. The minimum absolute atomic E-state index is 0.438. The summed E-state index contributed by atoms with van der Waals surface area (Å²) in [5, 5.41) is 5.09. The van der Waals surface area contributed by atoms with E-state index in [1.165, 1.54) is 71.6 Å². The van der Waals surface area contributed by atoms with E-state index in [1.54, 1.807) is 0 Å². The summed E-state index contributed by atoms with van der Waals surface area (Å²) in [7, 11) is 0. The van der Waals surface area contributed by atoms with Crippen molar-refractivity contribution in [3.63, 3.8) is 0 Å². The van der Waals surface area contributed by atoms with Gasteiger partial charge in [-0.1, -0.05) is 158 Å². The summed E-state index contributed by atoms with van der Waals surface area (Å²) in [5.74, 6) is 1.66. The Balaban J connectivity index is 1.01. The number of hydrogen-bond donors (Lipinski definition) is 0. The highest BCUT2D eigenvalue weighted by molar-refractivity contribution is 5.98. The monoisotopic (exact) mass is 715 g/mol. The van der Waals surface area contributed by atoms with Gasteiger partial charge in [-0.15, -0.1) is 0 Å². The van der Waals surface area contributed by atoms with Crippen molar-refractivity contribution >= 4 is 38.8 Å². The first-order valence-corrected chi connectivity index (χ1v) is 19.5. The quantitative estimate of drug-likeness (QED) is 0.172. The predicted molar refractivity (Wildman–Crippen MR) is 232 cm³/mol. The molecule has 8 aromatic rings. The van der Waals surface area contributed by atoms with Crippen LogP contribution in [0.15, 0.2) is 182 Å². The van der Waals surface area contributed by atoms with Gasteiger partial charge in [0.1, 0.15) is 0 Å². The van der Waals surface area contributed by atoms with Crippen molar-refractivity contribution in [2.24, 2.45) is 11.8 Å². The smallest absolute Gasteiger partial charge is 0.160 e. The number of rotatable bonds is 6. The molecule has 3 nitrogen and oxygen atoms in total. The third-order valence-corrected chi connectivity index (χ3v) is 11.8. The topological polar surface area (TPSA) is 38.7 Å². The summed E-state index contributed by atoms with van der Waals surface area (Å²) < 4.78 is 0. The van der Waals surface area contributed by atoms with Crippen LogP contribution in [0.4, 0.5) is 0 Å². The number of fused-ring (bicyclic) bond motifs is 5. The number of aromatic nitrogens is 3. The second-order valence-corrected chi connectivity index (χ2v) is 15.1. The molecule has 0 amide bonds. The number of allylic oxidation sites excluding steroid dienone is 7. The van der Waals surface area contributed by atoms with E-state index in [-0.39, 0.29) is 0 Å². The minimum Gasteiger partial charge on any atom is -0.264 e. The normalized spacial score (nSPS) is 16.9. The predicted octanol–water partition coefficient (Wildman–Crippen LogP) is 13.1. The molecular weight excluding hydrogens is 679 g/mol. The van der Waals surface area contributed by atoms with Crippen LogP contribution in [0, 0.1) is 11.8 Å². The minimum atomic E-state index is 0.438. The van der Waals surface area contributed by atoms with E-state index >= 15 is 0 Å². The lowest BCUT2D eigenvalue weighted by Gasteiger charge is -2.17. The SMILES string of the molecule is C1=CCc2c(c(-c3ccc(-c4nc(C5=CC=C(c6cccnc6)C6CC56)cc(-c5ccc(-c6cccc7ccccc67)cc5)n4)cc3)cc3ccccc23)C=C1. The first-order valence-electron chi connectivity index (χ1n) is 19.5. The summed E-state index contributed by atoms with van der Waals surface area (Å²) >= 11 is 0. The maximum absolute atomic E-state index is 5.31. The fourth-order valence-corrected chi connectivity index (χ4v) is 8.90. The van der Waals surface area contributed by atoms with Crippen LogP contribution in [-0.4, -0.2) is 15.0 Å². The summed E-state index contributed by atoms with van der Waals surface area (Å²) in [6.07, 6.45) is 19.3. The Hall–Kier alpha value is -6.97. The third kappa shape index (κ3) is 5.72. The van der Waals surface area contributed by atoms with Crippen LogP contribution in [-0.2, 0) is 6.42 Å².